The molecule has 7 nitrogen and oxygen atoms in total. The molecule has 0 aliphatic carbocycles. The van der Waals surface area contributed by atoms with Crippen molar-refractivity contribution in [3.8, 4) is 11.8 Å². The number of ether oxygens (including phenoxy) is 1. The van der Waals surface area contributed by atoms with Crippen molar-refractivity contribution in [3.05, 3.63) is 51.7 Å². The number of allylic oxidation sites excluding steroid dienone is 2. The third-order valence-electron chi connectivity index (χ3n) is 3.72. The van der Waals surface area contributed by atoms with Gasteiger partial charge in [0.1, 0.15) is 5.75 Å². The number of nitrogens with one attached hydrogen (secondary N) is 1. The number of amides is 2. The summed E-state index contributed by atoms with van der Waals surface area (Å²) < 4.78 is 5.14. The number of primary amides is 2. The number of hydrogen-bond acceptors (Lipinski definition) is 6. The zero-order valence-corrected chi connectivity index (χ0v) is 14.6. The topological polar surface area (TPSA) is 131 Å². The van der Waals surface area contributed by atoms with Crippen LogP contribution in [0.1, 0.15) is 18.4 Å². The van der Waals surface area contributed by atoms with Crippen LogP contribution in [0.25, 0.3) is 0 Å². The van der Waals surface area contributed by atoms with E-state index in [1.807, 2.05) is 0 Å². The van der Waals surface area contributed by atoms with Crippen LogP contribution in [-0.4, -0.2) is 24.7 Å². The lowest BCUT2D eigenvalue weighted by atomic mass is 9.82. The molecule has 0 saturated heterocycles. The quantitative estimate of drug-likeness (QED) is 0.698. The zero-order chi connectivity index (χ0) is 18.6. The third kappa shape index (κ3) is 3.95. The van der Waals surface area contributed by atoms with Gasteiger partial charge < -0.3 is 21.5 Å². The number of nitrogens with two attached hydrogens (primary N) is 2. The van der Waals surface area contributed by atoms with E-state index < -0.39 is 17.7 Å². The van der Waals surface area contributed by atoms with Gasteiger partial charge in [-0.25, -0.2) is 0 Å². The Labute approximate surface area is 149 Å². The Hall–Kier alpha value is -2.92. The minimum atomic E-state index is -0.620. The molecule has 2 amide bonds. The molecule has 0 aromatic heterocycles. The number of methoxy groups -OCH3 is 1. The molecule has 0 bridgehead atoms. The summed E-state index contributed by atoms with van der Waals surface area (Å²) in [4.78, 5) is 23.1. The summed E-state index contributed by atoms with van der Waals surface area (Å²) >= 11 is 1.12. The van der Waals surface area contributed by atoms with Crippen molar-refractivity contribution >= 4 is 23.6 Å². The summed E-state index contributed by atoms with van der Waals surface area (Å²) in [5, 5.41) is 13.2. The van der Waals surface area contributed by atoms with Crippen molar-refractivity contribution in [2.24, 2.45) is 11.5 Å². The number of carbonyl (C=O) groups is 2. The second-order valence-electron chi connectivity index (χ2n) is 5.34. The highest BCUT2D eigenvalue weighted by atomic mass is 32.2. The SMILES string of the molecule is COc1ccc([C@@H]2C(C#N)=C(SCC(N)=O)NC(C)=C2C(N)=O)cc1. The third-order valence-corrected chi connectivity index (χ3v) is 4.76. The minimum absolute atomic E-state index is 0.0159. The van der Waals surface area contributed by atoms with E-state index in [2.05, 4.69) is 11.4 Å². The standard InChI is InChI=1S/C17H18N4O3S/c1-9-14(16(20)23)15(10-3-5-11(24-2)6-4-10)12(7-18)17(21-9)25-8-13(19)22/h3-6,15,21H,8H2,1-2H3,(H2,19,22)(H2,20,23)/t15-/m1/s1. The van der Waals surface area contributed by atoms with Gasteiger partial charge in [-0.05, 0) is 24.6 Å². The summed E-state index contributed by atoms with van der Waals surface area (Å²) in [5.74, 6) is -1.06. The van der Waals surface area contributed by atoms with Gasteiger partial charge in [0.15, 0.2) is 0 Å². The molecule has 0 spiro atoms. The molecule has 2 rings (SSSR count). The average molecular weight is 358 g/mol. The second-order valence-corrected chi connectivity index (χ2v) is 6.33. The first-order valence-corrected chi connectivity index (χ1v) is 8.34. The molecule has 1 aliphatic heterocycles. The van der Waals surface area contributed by atoms with Crippen LogP contribution in [0.3, 0.4) is 0 Å². The number of thioether (sulfide) groups is 1. The average Bonchev–Trinajstić information content (AvgIpc) is 2.58. The molecule has 0 radical (unpaired) electrons. The number of benzene rings is 1. The lowest BCUT2D eigenvalue weighted by molar-refractivity contribution is -0.116. The van der Waals surface area contributed by atoms with Crippen LogP contribution in [0.15, 0.2) is 46.1 Å². The van der Waals surface area contributed by atoms with Gasteiger partial charge >= 0.3 is 0 Å². The molecule has 0 saturated carbocycles. The van der Waals surface area contributed by atoms with Crippen LogP contribution in [0.2, 0.25) is 0 Å². The van der Waals surface area contributed by atoms with E-state index in [0.29, 0.717) is 27.6 Å². The maximum Gasteiger partial charge on any atom is 0.247 e. The highest BCUT2D eigenvalue weighted by molar-refractivity contribution is 8.03. The van der Waals surface area contributed by atoms with Gasteiger partial charge in [-0.15, -0.1) is 0 Å². The first-order chi connectivity index (χ1) is 11.9. The Morgan fingerprint density at radius 3 is 2.44 bits per heavy atom. The fraction of sp³-hybridized carbons (Fsp3) is 0.235. The van der Waals surface area contributed by atoms with Crippen molar-refractivity contribution in [3.63, 3.8) is 0 Å². The van der Waals surface area contributed by atoms with Crippen molar-refractivity contribution in [2.75, 3.05) is 12.9 Å². The summed E-state index contributed by atoms with van der Waals surface area (Å²) in [6.07, 6.45) is 0. The Kier molecular flexibility index (Phi) is 5.72. The molecule has 8 heteroatoms. The lowest BCUT2D eigenvalue weighted by Crippen LogP contribution is -2.31. The molecule has 0 unspecified atom stereocenters. The highest BCUT2D eigenvalue weighted by Gasteiger charge is 2.33. The molecule has 1 heterocycles. The van der Waals surface area contributed by atoms with E-state index in [4.69, 9.17) is 16.2 Å². The fourth-order valence-electron chi connectivity index (χ4n) is 2.63. The van der Waals surface area contributed by atoms with Gasteiger partial charge in [0, 0.05) is 11.3 Å². The van der Waals surface area contributed by atoms with Crippen LogP contribution < -0.4 is 21.5 Å². The molecule has 130 valence electrons. The number of rotatable bonds is 6. The van der Waals surface area contributed by atoms with Gasteiger partial charge in [0.2, 0.25) is 11.8 Å². The summed E-state index contributed by atoms with van der Waals surface area (Å²) in [7, 11) is 1.55. The number of dihydropyridines is 1. The molecule has 1 aromatic carbocycles. The number of hydrogen-bond donors (Lipinski definition) is 3. The molecule has 0 fully saturated rings. The maximum absolute atomic E-state index is 12.0. The Balaban J connectivity index is 2.56. The Morgan fingerprint density at radius 2 is 1.96 bits per heavy atom. The van der Waals surface area contributed by atoms with E-state index in [9.17, 15) is 14.9 Å². The van der Waals surface area contributed by atoms with E-state index >= 15 is 0 Å². The Morgan fingerprint density at radius 1 is 1.32 bits per heavy atom. The largest absolute Gasteiger partial charge is 0.497 e. The molecule has 5 N–H and O–H groups in total. The first kappa shape index (κ1) is 18.4. The van der Waals surface area contributed by atoms with Gasteiger partial charge in [-0.2, -0.15) is 5.26 Å². The van der Waals surface area contributed by atoms with Crippen molar-refractivity contribution < 1.29 is 14.3 Å². The number of carbonyl (C=O) groups excluding carboxylic acids is 2. The maximum atomic E-state index is 12.0. The molecular weight excluding hydrogens is 340 g/mol. The van der Waals surface area contributed by atoms with Crippen LogP contribution in [0.4, 0.5) is 0 Å². The van der Waals surface area contributed by atoms with E-state index in [1.165, 1.54) is 0 Å². The molecular formula is C17H18N4O3S. The van der Waals surface area contributed by atoms with Gasteiger partial charge in [0.25, 0.3) is 0 Å². The minimum Gasteiger partial charge on any atom is -0.497 e. The summed E-state index contributed by atoms with van der Waals surface area (Å²) in [5.41, 5.74) is 12.6. The first-order valence-electron chi connectivity index (χ1n) is 7.36. The highest BCUT2D eigenvalue weighted by Crippen LogP contribution is 2.40. The number of nitriles is 1. The Bertz CT molecular complexity index is 806. The van der Waals surface area contributed by atoms with Crippen LogP contribution in [0, 0.1) is 11.3 Å². The van der Waals surface area contributed by atoms with Crippen LogP contribution in [0.5, 0.6) is 5.75 Å². The van der Waals surface area contributed by atoms with Crippen molar-refractivity contribution in [1.82, 2.24) is 5.32 Å². The normalized spacial score (nSPS) is 16.9. The molecule has 1 atom stereocenters. The number of nitrogens with zero attached hydrogens (tertiary/aromatic N) is 1. The van der Waals surface area contributed by atoms with Crippen LogP contribution >= 0.6 is 11.8 Å². The van der Waals surface area contributed by atoms with Crippen molar-refractivity contribution in [1.29, 1.82) is 5.26 Å². The molecule has 25 heavy (non-hydrogen) atoms. The smallest absolute Gasteiger partial charge is 0.247 e. The van der Waals surface area contributed by atoms with Gasteiger partial charge in [0.05, 0.1) is 35.5 Å². The second kappa shape index (κ2) is 7.77. The zero-order valence-electron chi connectivity index (χ0n) is 13.8. The van der Waals surface area contributed by atoms with Gasteiger partial charge in [-0.3, -0.25) is 9.59 Å². The van der Waals surface area contributed by atoms with E-state index in [-0.39, 0.29) is 5.75 Å². The van der Waals surface area contributed by atoms with Crippen LogP contribution in [-0.2, 0) is 9.59 Å². The summed E-state index contributed by atoms with van der Waals surface area (Å²) in [6.45, 7) is 1.70. The summed E-state index contributed by atoms with van der Waals surface area (Å²) in [6, 6.07) is 9.18. The fourth-order valence-corrected chi connectivity index (χ4v) is 3.46. The predicted octanol–water partition coefficient (Wildman–Crippen LogP) is 1.09. The lowest BCUT2D eigenvalue weighted by Gasteiger charge is -2.29. The monoisotopic (exact) mass is 358 g/mol. The van der Waals surface area contributed by atoms with E-state index in [0.717, 1.165) is 17.3 Å². The van der Waals surface area contributed by atoms with Crippen molar-refractivity contribution in [2.45, 2.75) is 12.8 Å². The van der Waals surface area contributed by atoms with Gasteiger partial charge in [-0.1, -0.05) is 23.9 Å². The molecule has 1 aliphatic rings. The predicted molar refractivity (Wildman–Crippen MR) is 95.1 cm³/mol. The molecule has 1 aromatic rings. The van der Waals surface area contributed by atoms with E-state index in [1.54, 1.807) is 38.3 Å².